The molecule has 3 heteroatoms. The van der Waals surface area contributed by atoms with E-state index in [9.17, 15) is 0 Å². The minimum atomic E-state index is 0. The minimum Gasteiger partial charge on any atom is -0.348 e. The van der Waals surface area contributed by atoms with Gasteiger partial charge in [0.25, 0.3) is 0 Å². The maximum absolute atomic E-state index is 4.12. The Kier molecular flexibility index (Phi) is 3.53. The van der Waals surface area contributed by atoms with E-state index in [0.29, 0.717) is 11.8 Å². The highest BCUT2D eigenvalue weighted by atomic mass is 35.5. The molecule has 2 aromatic rings. The Bertz CT molecular complexity index is 479. The number of fused-ring (bicyclic) bond motifs is 1. The van der Waals surface area contributed by atoms with Crippen LogP contribution in [0.2, 0.25) is 0 Å². The van der Waals surface area contributed by atoms with Crippen molar-refractivity contribution < 1.29 is 0 Å². The number of rotatable bonds is 2. The van der Waals surface area contributed by atoms with Crippen LogP contribution in [0.25, 0.3) is 0 Å². The number of aryl methyl sites for hydroxylation is 1. The van der Waals surface area contributed by atoms with Crippen molar-refractivity contribution in [2.24, 2.45) is 0 Å². The number of aromatic nitrogens is 2. The summed E-state index contributed by atoms with van der Waals surface area (Å²) in [6.45, 7) is 2.29. The average Bonchev–Trinajstić information content (AvgIpc) is 2.98. The van der Waals surface area contributed by atoms with Gasteiger partial charge < -0.3 is 4.98 Å². The number of halogens is 1. The molecular weight excluding hydrogens is 232 g/mol. The molecule has 17 heavy (non-hydrogen) atoms. The summed E-state index contributed by atoms with van der Waals surface area (Å²) >= 11 is 0. The zero-order valence-electron chi connectivity index (χ0n) is 9.89. The second-order valence-corrected chi connectivity index (χ2v) is 4.64. The van der Waals surface area contributed by atoms with E-state index in [4.69, 9.17) is 0 Å². The predicted molar refractivity (Wildman–Crippen MR) is 71.8 cm³/mol. The molecule has 2 atom stereocenters. The lowest BCUT2D eigenvalue weighted by atomic mass is 9.87. The Morgan fingerprint density at radius 3 is 2.94 bits per heavy atom. The van der Waals surface area contributed by atoms with Gasteiger partial charge in [-0.15, -0.1) is 12.4 Å². The maximum atomic E-state index is 4.12. The molecule has 1 N–H and O–H groups in total. The topological polar surface area (TPSA) is 28.7 Å². The highest BCUT2D eigenvalue weighted by Crippen LogP contribution is 2.41. The van der Waals surface area contributed by atoms with Crippen molar-refractivity contribution in [1.82, 2.24) is 9.97 Å². The number of hydrogen-bond donors (Lipinski definition) is 1. The van der Waals surface area contributed by atoms with Crippen LogP contribution in [0.4, 0.5) is 0 Å². The Balaban J connectivity index is 0.00000108. The second-order valence-electron chi connectivity index (χ2n) is 4.64. The SMILES string of the molecule is CC(c1cnc[nH]1)C1CCc2ccccc21.Cl. The van der Waals surface area contributed by atoms with Crippen molar-refractivity contribution in [3.05, 3.63) is 53.6 Å². The fourth-order valence-corrected chi connectivity index (χ4v) is 2.84. The lowest BCUT2D eigenvalue weighted by Gasteiger charge is -2.18. The van der Waals surface area contributed by atoms with Crippen LogP contribution in [0.5, 0.6) is 0 Å². The molecule has 0 saturated heterocycles. The molecule has 0 radical (unpaired) electrons. The number of H-pyrrole nitrogens is 1. The summed E-state index contributed by atoms with van der Waals surface area (Å²) in [5.41, 5.74) is 4.31. The van der Waals surface area contributed by atoms with Gasteiger partial charge in [-0.05, 0) is 29.9 Å². The predicted octanol–water partition coefficient (Wildman–Crippen LogP) is 3.67. The zero-order chi connectivity index (χ0) is 11.0. The normalized spacial score (nSPS) is 19.5. The molecule has 1 aliphatic carbocycles. The van der Waals surface area contributed by atoms with Gasteiger partial charge in [-0.1, -0.05) is 31.2 Å². The fraction of sp³-hybridized carbons (Fsp3) is 0.357. The third kappa shape index (κ3) is 2.09. The van der Waals surface area contributed by atoms with Crippen LogP contribution in [-0.4, -0.2) is 9.97 Å². The first-order chi connectivity index (χ1) is 7.86. The smallest absolute Gasteiger partial charge is 0.0921 e. The number of hydrogen-bond acceptors (Lipinski definition) is 1. The van der Waals surface area contributed by atoms with E-state index in [-0.39, 0.29) is 12.4 Å². The van der Waals surface area contributed by atoms with Crippen LogP contribution in [0.15, 0.2) is 36.8 Å². The van der Waals surface area contributed by atoms with Gasteiger partial charge in [0.2, 0.25) is 0 Å². The molecule has 1 aliphatic rings. The highest BCUT2D eigenvalue weighted by molar-refractivity contribution is 5.85. The molecule has 90 valence electrons. The molecule has 1 heterocycles. The Morgan fingerprint density at radius 2 is 2.18 bits per heavy atom. The van der Waals surface area contributed by atoms with E-state index in [1.54, 1.807) is 6.33 Å². The van der Waals surface area contributed by atoms with Crippen LogP contribution < -0.4 is 0 Å². The van der Waals surface area contributed by atoms with Gasteiger partial charge in [-0.2, -0.15) is 0 Å². The number of imidazole rings is 1. The van der Waals surface area contributed by atoms with Crippen molar-refractivity contribution in [3.8, 4) is 0 Å². The lowest BCUT2D eigenvalue weighted by Crippen LogP contribution is -2.05. The molecule has 0 fully saturated rings. The van der Waals surface area contributed by atoms with Crippen LogP contribution in [0.3, 0.4) is 0 Å². The standard InChI is InChI=1S/C14H16N2.ClH/c1-10(14-8-15-9-16-14)12-7-6-11-4-2-3-5-13(11)12;/h2-5,8-10,12H,6-7H2,1H3,(H,15,16);1H. The van der Waals surface area contributed by atoms with Gasteiger partial charge in [0.1, 0.15) is 0 Å². The van der Waals surface area contributed by atoms with Crippen LogP contribution in [-0.2, 0) is 6.42 Å². The van der Waals surface area contributed by atoms with Crippen LogP contribution >= 0.6 is 12.4 Å². The number of nitrogens with zero attached hydrogens (tertiary/aromatic N) is 1. The van der Waals surface area contributed by atoms with E-state index in [1.807, 2.05) is 6.20 Å². The number of benzene rings is 1. The van der Waals surface area contributed by atoms with E-state index < -0.39 is 0 Å². The molecule has 2 unspecified atom stereocenters. The molecule has 1 aromatic carbocycles. The molecule has 0 saturated carbocycles. The summed E-state index contributed by atoms with van der Waals surface area (Å²) in [5.74, 6) is 1.18. The maximum Gasteiger partial charge on any atom is 0.0921 e. The summed E-state index contributed by atoms with van der Waals surface area (Å²) in [6.07, 6.45) is 6.21. The first-order valence-electron chi connectivity index (χ1n) is 5.92. The van der Waals surface area contributed by atoms with Gasteiger partial charge in [0.05, 0.1) is 6.33 Å². The highest BCUT2D eigenvalue weighted by Gasteiger charge is 2.28. The number of aromatic amines is 1. The molecule has 3 rings (SSSR count). The summed E-state index contributed by atoms with van der Waals surface area (Å²) in [7, 11) is 0. The van der Waals surface area contributed by atoms with Gasteiger partial charge >= 0.3 is 0 Å². The second kappa shape index (κ2) is 4.92. The van der Waals surface area contributed by atoms with Crippen molar-refractivity contribution in [2.45, 2.75) is 31.6 Å². The monoisotopic (exact) mass is 248 g/mol. The molecule has 0 aliphatic heterocycles. The van der Waals surface area contributed by atoms with Gasteiger partial charge in [0, 0.05) is 17.8 Å². The first-order valence-corrected chi connectivity index (χ1v) is 5.92. The largest absolute Gasteiger partial charge is 0.348 e. The molecule has 2 nitrogen and oxygen atoms in total. The Hall–Kier alpha value is -1.28. The fourth-order valence-electron chi connectivity index (χ4n) is 2.84. The lowest BCUT2D eigenvalue weighted by molar-refractivity contribution is 0.561. The third-order valence-electron chi connectivity index (χ3n) is 3.79. The summed E-state index contributed by atoms with van der Waals surface area (Å²) in [4.78, 5) is 7.35. The Labute approximate surface area is 108 Å². The van der Waals surface area contributed by atoms with E-state index in [0.717, 1.165) is 0 Å². The van der Waals surface area contributed by atoms with Gasteiger partial charge in [-0.3, -0.25) is 0 Å². The van der Waals surface area contributed by atoms with Crippen molar-refractivity contribution >= 4 is 12.4 Å². The molecule has 0 bridgehead atoms. The summed E-state index contributed by atoms with van der Waals surface area (Å²) < 4.78 is 0. The van der Waals surface area contributed by atoms with Crippen molar-refractivity contribution in [2.75, 3.05) is 0 Å². The Morgan fingerprint density at radius 1 is 1.35 bits per heavy atom. The van der Waals surface area contributed by atoms with Crippen molar-refractivity contribution in [3.63, 3.8) is 0 Å². The number of nitrogens with one attached hydrogen (secondary N) is 1. The van der Waals surface area contributed by atoms with Crippen LogP contribution in [0.1, 0.15) is 42.0 Å². The summed E-state index contributed by atoms with van der Waals surface area (Å²) in [5, 5.41) is 0. The van der Waals surface area contributed by atoms with Gasteiger partial charge in [-0.25, -0.2) is 4.98 Å². The molecule has 0 spiro atoms. The molecule has 0 amide bonds. The minimum absolute atomic E-state index is 0. The summed E-state index contributed by atoms with van der Waals surface area (Å²) in [6, 6.07) is 8.83. The third-order valence-corrected chi connectivity index (χ3v) is 3.79. The van der Waals surface area contributed by atoms with E-state index >= 15 is 0 Å². The van der Waals surface area contributed by atoms with E-state index in [2.05, 4.69) is 41.2 Å². The molecule has 1 aromatic heterocycles. The van der Waals surface area contributed by atoms with Crippen molar-refractivity contribution in [1.29, 1.82) is 0 Å². The van der Waals surface area contributed by atoms with E-state index in [1.165, 1.54) is 29.7 Å². The average molecular weight is 249 g/mol. The zero-order valence-corrected chi connectivity index (χ0v) is 10.7. The quantitative estimate of drug-likeness (QED) is 0.863. The molecular formula is C14H17ClN2. The van der Waals surface area contributed by atoms with Gasteiger partial charge in [0.15, 0.2) is 0 Å². The van der Waals surface area contributed by atoms with Crippen LogP contribution in [0, 0.1) is 0 Å². The first kappa shape index (κ1) is 12.2.